The van der Waals surface area contributed by atoms with Crippen LogP contribution in [0.15, 0.2) is 24.3 Å². The van der Waals surface area contributed by atoms with Crippen LogP contribution in [0.2, 0.25) is 0 Å². The molecule has 0 spiro atoms. The van der Waals surface area contributed by atoms with Gasteiger partial charge in [-0.15, -0.1) is 0 Å². The van der Waals surface area contributed by atoms with Gasteiger partial charge in [0, 0.05) is 0 Å². The van der Waals surface area contributed by atoms with Crippen LogP contribution in [0.3, 0.4) is 0 Å². The summed E-state index contributed by atoms with van der Waals surface area (Å²) in [5.74, 6) is 0. The molecule has 0 saturated carbocycles. The van der Waals surface area contributed by atoms with Gasteiger partial charge in [-0.25, -0.2) is 0 Å². The molecule has 0 saturated heterocycles. The van der Waals surface area contributed by atoms with Crippen LogP contribution >= 0.6 is 24.0 Å². The van der Waals surface area contributed by atoms with Crippen molar-refractivity contribution in [1.29, 1.82) is 0 Å². The van der Waals surface area contributed by atoms with Gasteiger partial charge in [-0.05, 0) is 36.5 Å². The highest BCUT2D eigenvalue weighted by molar-refractivity contribution is 8.22. The molecular formula is C9H10O2S2. The fourth-order valence-electron chi connectivity index (χ4n) is 0.987. The van der Waals surface area contributed by atoms with Crippen molar-refractivity contribution < 1.29 is 10.2 Å². The van der Waals surface area contributed by atoms with Gasteiger partial charge >= 0.3 is 0 Å². The van der Waals surface area contributed by atoms with Gasteiger partial charge in [-0.2, -0.15) is 0 Å². The minimum Gasteiger partial charge on any atom is -0.494 e. The molecule has 13 heavy (non-hydrogen) atoms. The maximum Gasteiger partial charge on any atom is 0.220 e. The number of thioether (sulfide) groups is 1. The van der Waals surface area contributed by atoms with E-state index in [9.17, 15) is 5.11 Å². The molecule has 2 N–H and O–H groups in total. The Morgan fingerprint density at radius 1 is 1.54 bits per heavy atom. The molecule has 1 unspecified atom stereocenters. The summed E-state index contributed by atoms with van der Waals surface area (Å²) in [6.45, 7) is 1.94. The normalized spacial score (nSPS) is 12.5. The fourth-order valence-corrected chi connectivity index (χ4v) is 1.73. The lowest BCUT2D eigenvalue weighted by Gasteiger charge is -2.08. The molecule has 1 atom stereocenters. The number of aryl methyl sites for hydroxylation is 1. The zero-order chi connectivity index (χ0) is 9.84. The Hall–Kier alpha value is -0.580. The second kappa shape index (κ2) is 4.60. The van der Waals surface area contributed by atoms with Gasteiger partial charge in [0.15, 0.2) is 0 Å². The summed E-state index contributed by atoms with van der Waals surface area (Å²) in [6, 6.07) is 7.45. The number of hydrogen-bond acceptors (Lipinski definition) is 3. The summed E-state index contributed by atoms with van der Waals surface area (Å²) in [4.78, 5) is 0. The van der Waals surface area contributed by atoms with Crippen molar-refractivity contribution in [3.8, 4) is 0 Å². The molecule has 0 bridgehead atoms. The van der Waals surface area contributed by atoms with E-state index in [1.807, 2.05) is 25.1 Å². The minimum atomic E-state index is -0.780. The van der Waals surface area contributed by atoms with Crippen LogP contribution in [-0.4, -0.2) is 14.6 Å². The summed E-state index contributed by atoms with van der Waals surface area (Å²) in [6.07, 6.45) is 0. The molecule has 70 valence electrons. The summed E-state index contributed by atoms with van der Waals surface area (Å²) < 4.78 is -0.242. The first kappa shape index (κ1) is 10.5. The summed E-state index contributed by atoms with van der Waals surface area (Å²) >= 11 is 5.32. The average Bonchev–Trinajstić information content (AvgIpc) is 2.03. The highest BCUT2D eigenvalue weighted by atomic mass is 32.2. The van der Waals surface area contributed by atoms with Gasteiger partial charge in [-0.1, -0.05) is 29.8 Å². The van der Waals surface area contributed by atoms with Crippen LogP contribution in [0, 0.1) is 6.92 Å². The van der Waals surface area contributed by atoms with E-state index in [0.29, 0.717) is 0 Å². The molecule has 0 aliphatic carbocycles. The number of thiocarbonyl (C=S) groups is 1. The third-order valence-corrected chi connectivity index (χ3v) is 2.53. The predicted octanol–water partition coefficient (Wildman–Crippen LogP) is 2.56. The van der Waals surface area contributed by atoms with Gasteiger partial charge in [0.2, 0.25) is 4.38 Å². The number of aliphatic hydroxyl groups is 2. The lowest BCUT2D eigenvalue weighted by atomic mass is 10.1. The Balaban J connectivity index is 2.76. The fraction of sp³-hybridized carbons (Fsp3) is 0.222. The van der Waals surface area contributed by atoms with Crippen LogP contribution in [0.1, 0.15) is 16.6 Å². The zero-order valence-electron chi connectivity index (χ0n) is 7.10. The second-order valence-corrected chi connectivity index (χ2v) is 4.36. The van der Waals surface area contributed by atoms with Crippen molar-refractivity contribution in [2.24, 2.45) is 0 Å². The zero-order valence-corrected chi connectivity index (χ0v) is 8.73. The van der Waals surface area contributed by atoms with Crippen molar-refractivity contribution in [2.75, 3.05) is 0 Å². The molecule has 0 aliphatic heterocycles. The van der Waals surface area contributed by atoms with Crippen LogP contribution in [0.4, 0.5) is 0 Å². The Morgan fingerprint density at radius 2 is 2.23 bits per heavy atom. The lowest BCUT2D eigenvalue weighted by molar-refractivity contribution is 0.271. The van der Waals surface area contributed by atoms with E-state index < -0.39 is 5.44 Å². The Bertz CT molecular complexity index is 312. The van der Waals surface area contributed by atoms with Crippen LogP contribution in [0.5, 0.6) is 0 Å². The number of hydrogen-bond donors (Lipinski definition) is 2. The molecule has 1 aromatic carbocycles. The average molecular weight is 214 g/mol. The summed E-state index contributed by atoms with van der Waals surface area (Å²) in [7, 11) is 0. The standard InChI is InChI=1S/C9H10O2S2/c1-6-3-2-4-7(5-6)8(10)13-9(11)12/h2-5,8,10H,1H3,(H,11,12). The van der Waals surface area contributed by atoms with Gasteiger partial charge < -0.3 is 10.2 Å². The third-order valence-electron chi connectivity index (χ3n) is 1.54. The molecule has 4 heteroatoms. The predicted molar refractivity (Wildman–Crippen MR) is 59.0 cm³/mol. The first-order chi connectivity index (χ1) is 6.09. The highest BCUT2D eigenvalue weighted by Crippen LogP contribution is 2.26. The molecule has 0 heterocycles. The van der Waals surface area contributed by atoms with Gasteiger partial charge in [0.1, 0.15) is 5.44 Å². The maximum atomic E-state index is 9.53. The van der Waals surface area contributed by atoms with Crippen LogP contribution in [0.25, 0.3) is 0 Å². The highest BCUT2D eigenvalue weighted by Gasteiger charge is 2.09. The maximum absolute atomic E-state index is 9.53. The first-order valence-electron chi connectivity index (χ1n) is 3.74. The monoisotopic (exact) mass is 214 g/mol. The Morgan fingerprint density at radius 3 is 2.77 bits per heavy atom. The van der Waals surface area contributed by atoms with Gasteiger partial charge in [0.05, 0.1) is 0 Å². The van der Waals surface area contributed by atoms with Crippen molar-refractivity contribution in [1.82, 2.24) is 0 Å². The summed E-state index contributed by atoms with van der Waals surface area (Å²) in [5, 5.41) is 18.3. The van der Waals surface area contributed by atoms with Crippen molar-refractivity contribution in [2.45, 2.75) is 12.4 Å². The molecule has 2 nitrogen and oxygen atoms in total. The minimum absolute atomic E-state index is 0.242. The van der Waals surface area contributed by atoms with Crippen molar-refractivity contribution in [3.63, 3.8) is 0 Å². The van der Waals surface area contributed by atoms with Gasteiger partial charge in [-0.3, -0.25) is 0 Å². The Labute approximate surface area is 86.6 Å². The lowest BCUT2D eigenvalue weighted by Crippen LogP contribution is -1.96. The van der Waals surface area contributed by atoms with Crippen molar-refractivity contribution in [3.05, 3.63) is 35.4 Å². The SMILES string of the molecule is Cc1cccc(C(O)SC(O)=S)c1. The molecule has 0 amide bonds. The van der Waals surface area contributed by atoms with E-state index in [1.165, 1.54) is 0 Å². The number of rotatable bonds is 2. The second-order valence-electron chi connectivity index (χ2n) is 2.65. The molecule has 0 fully saturated rings. The van der Waals surface area contributed by atoms with E-state index in [1.54, 1.807) is 6.07 Å². The summed E-state index contributed by atoms with van der Waals surface area (Å²) in [5.41, 5.74) is 1.04. The van der Waals surface area contributed by atoms with Gasteiger partial charge in [0.25, 0.3) is 0 Å². The topological polar surface area (TPSA) is 40.5 Å². The Kier molecular flexibility index (Phi) is 3.71. The molecule has 0 radical (unpaired) electrons. The number of aliphatic hydroxyl groups excluding tert-OH is 2. The molecule has 0 aliphatic rings. The van der Waals surface area contributed by atoms with E-state index >= 15 is 0 Å². The van der Waals surface area contributed by atoms with Crippen molar-refractivity contribution >= 4 is 28.4 Å². The molecular weight excluding hydrogens is 204 g/mol. The largest absolute Gasteiger partial charge is 0.494 e. The van der Waals surface area contributed by atoms with E-state index in [4.69, 9.17) is 5.11 Å². The van der Waals surface area contributed by atoms with E-state index in [2.05, 4.69) is 12.2 Å². The molecule has 0 aromatic heterocycles. The smallest absolute Gasteiger partial charge is 0.220 e. The van der Waals surface area contributed by atoms with E-state index in [-0.39, 0.29) is 4.38 Å². The van der Waals surface area contributed by atoms with E-state index in [0.717, 1.165) is 22.9 Å². The van der Waals surface area contributed by atoms with Crippen LogP contribution in [-0.2, 0) is 0 Å². The first-order valence-corrected chi connectivity index (χ1v) is 5.02. The number of benzene rings is 1. The molecule has 1 aromatic rings. The van der Waals surface area contributed by atoms with Crippen LogP contribution < -0.4 is 0 Å². The quantitative estimate of drug-likeness (QED) is 0.586. The third kappa shape index (κ3) is 3.34. The molecule has 1 rings (SSSR count).